The summed E-state index contributed by atoms with van der Waals surface area (Å²) in [7, 11) is 3.23. The maximum atomic E-state index is 12.7. The fraction of sp³-hybridized carbons (Fsp3) is 0.364. The number of carboxylic acid groups (broad SMARTS) is 1. The SMILES string of the molecule is CN[C@@H](CSc1c(N)cc(C)cc1Cl)C(=O)O.CN[C@H]1CSc2c(Cl)cc(C(F)(F)F)cc2NC1=O. The van der Waals surface area contributed by atoms with Crippen molar-refractivity contribution < 1.29 is 27.9 Å². The Labute approximate surface area is 225 Å². The third-order valence-corrected chi connectivity index (χ3v) is 8.24. The molecule has 0 saturated carbocycles. The highest BCUT2D eigenvalue weighted by molar-refractivity contribution is 7.99. The Morgan fingerprint density at radius 3 is 2.47 bits per heavy atom. The zero-order valence-corrected chi connectivity index (χ0v) is 22.6. The summed E-state index contributed by atoms with van der Waals surface area (Å²) in [5, 5.41) is 17.4. The van der Waals surface area contributed by atoms with Crippen LogP contribution < -0.4 is 21.7 Å². The molecule has 0 bridgehead atoms. The Morgan fingerprint density at radius 1 is 1.28 bits per heavy atom. The first-order valence-corrected chi connectivity index (χ1v) is 13.1. The van der Waals surface area contributed by atoms with Gasteiger partial charge in [-0.25, -0.2) is 0 Å². The van der Waals surface area contributed by atoms with Gasteiger partial charge < -0.3 is 26.8 Å². The molecule has 0 spiro atoms. The minimum Gasteiger partial charge on any atom is -0.480 e. The van der Waals surface area contributed by atoms with Crippen LogP contribution in [0.25, 0.3) is 0 Å². The molecule has 0 unspecified atom stereocenters. The quantitative estimate of drug-likeness (QED) is 0.238. The Balaban J connectivity index is 0.000000255. The van der Waals surface area contributed by atoms with E-state index in [9.17, 15) is 22.8 Å². The van der Waals surface area contributed by atoms with Crippen LogP contribution in [0.1, 0.15) is 11.1 Å². The first kappa shape index (κ1) is 30.4. The van der Waals surface area contributed by atoms with Crippen molar-refractivity contribution in [1.29, 1.82) is 0 Å². The maximum Gasteiger partial charge on any atom is 0.416 e. The summed E-state index contributed by atoms with van der Waals surface area (Å²) in [4.78, 5) is 23.8. The minimum atomic E-state index is -4.50. The number of aryl methyl sites for hydroxylation is 1. The second kappa shape index (κ2) is 13.1. The lowest BCUT2D eigenvalue weighted by molar-refractivity contribution is -0.139. The Hall–Kier alpha value is -1.83. The van der Waals surface area contributed by atoms with Gasteiger partial charge in [-0.15, -0.1) is 23.5 Å². The molecule has 1 amide bonds. The molecule has 14 heteroatoms. The number of amides is 1. The number of halogens is 5. The fourth-order valence-electron chi connectivity index (χ4n) is 3.03. The van der Waals surface area contributed by atoms with Crippen molar-refractivity contribution in [3.05, 3.63) is 45.4 Å². The van der Waals surface area contributed by atoms with Crippen LogP contribution in [0.2, 0.25) is 10.0 Å². The van der Waals surface area contributed by atoms with Crippen LogP contribution in [0.4, 0.5) is 24.5 Å². The van der Waals surface area contributed by atoms with Gasteiger partial charge in [0.15, 0.2) is 0 Å². The van der Waals surface area contributed by atoms with Crippen molar-refractivity contribution in [3.63, 3.8) is 0 Å². The molecule has 0 aromatic heterocycles. The number of alkyl halides is 3. The van der Waals surface area contributed by atoms with E-state index >= 15 is 0 Å². The topological polar surface area (TPSA) is 116 Å². The summed E-state index contributed by atoms with van der Waals surface area (Å²) in [5.74, 6) is -0.481. The lowest BCUT2D eigenvalue weighted by atomic mass is 10.2. The lowest BCUT2D eigenvalue weighted by Crippen LogP contribution is -2.39. The standard InChI is InChI=1S/C11H10ClF3N2OS.C11H15ClN2O2S/c1-16-8-4-19-9-6(12)2-5(11(13,14)15)3-7(9)17-10(8)18;1-6-3-7(12)10(8(13)4-6)17-5-9(14-2)11(15)16/h2-3,8,16H,4H2,1H3,(H,17,18);3-4,9,14H,5,13H2,1-2H3,(H,15,16)/t8-;9-/m00/s1. The van der Waals surface area contributed by atoms with E-state index in [1.54, 1.807) is 14.1 Å². The average Bonchev–Trinajstić information content (AvgIpc) is 2.93. The molecule has 1 heterocycles. The van der Waals surface area contributed by atoms with E-state index in [-0.39, 0.29) is 16.6 Å². The molecule has 0 radical (unpaired) electrons. The van der Waals surface area contributed by atoms with Crippen LogP contribution in [-0.2, 0) is 15.8 Å². The molecular weight excluding hydrogens is 560 g/mol. The molecule has 7 nitrogen and oxygen atoms in total. The van der Waals surface area contributed by atoms with Crippen molar-refractivity contribution in [1.82, 2.24) is 10.6 Å². The number of rotatable bonds is 6. The molecule has 198 valence electrons. The number of nitrogens with two attached hydrogens (primary N) is 1. The lowest BCUT2D eigenvalue weighted by Gasteiger charge is -2.13. The molecule has 2 aromatic rings. The molecule has 1 aliphatic heterocycles. The number of likely N-dealkylation sites (N-methyl/N-ethyl adjacent to an activating group) is 2. The average molecular weight is 586 g/mol. The van der Waals surface area contributed by atoms with E-state index in [1.165, 1.54) is 23.5 Å². The molecule has 2 aromatic carbocycles. The van der Waals surface area contributed by atoms with Crippen LogP contribution in [0.15, 0.2) is 34.1 Å². The van der Waals surface area contributed by atoms with Crippen molar-refractivity contribution >= 4 is 70.0 Å². The van der Waals surface area contributed by atoms with E-state index in [2.05, 4.69) is 16.0 Å². The summed E-state index contributed by atoms with van der Waals surface area (Å²) in [6.07, 6.45) is -4.50. The van der Waals surface area contributed by atoms with Gasteiger partial charge in [0.05, 0.1) is 27.3 Å². The fourth-order valence-corrected chi connectivity index (χ4v) is 6.03. The van der Waals surface area contributed by atoms with Gasteiger partial charge >= 0.3 is 12.1 Å². The normalized spacial score (nSPS) is 16.2. The van der Waals surface area contributed by atoms with Gasteiger partial charge in [0.2, 0.25) is 5.91 Å². The monoisotopic (exact) mass is 584 g/mol. The third-order valence-electron chi connectivity index (χ3n) is 4.95. The number of aliphatic carboxylic acids is 1. The first-order valence-electron chi connectivity index (χ1n) is 10.4. The number of carbonyl (C=O) groups is 2. The highest BCUT2D eigenvalue weighted by Crippen LogP contribution is 2.42. The largest absolute Gasteiger partial charge is 0.480 e. The van der Waals surface area contributed by atoms with Crippen molar-refractivity contribution in [3.8, 4) is 0 Å². The summed E-state index contributed by atoms with van der Waals surface area (Å²) < 4.78 is 38.1. The number of fused-ring (bicyclic) bond motifs is 1. The van der Waals surface area contributed by atoms with Gasteiger partial charge in [-0.2, -0.15) is 13.2 Å². The number of carbonyl (C=O) groups excluding carboxylic acids is 1. The third kappa shape index (κ3) is 8.09. The molecule has 0 saturated heterocycles. The number of anilines is 2. The summed E-state index contributed by atoms with van der Waals surface area (Å²) in [6, 6.07) is 4.34. The van der Waals surface area contributed by atoms with Gasteiger partial charge in [0.25, 0.3) is 0 Å². The van der Waals surface area contributed by atoms with E-state index < -0.39 is 29.8 Å². The number of nitrogen functional groups attached to an aromatic ring is 1. The zero-order valence-electron chi connectivity index (χ0n) is 19.4. The summed E-state index contributed by atoms with van der Waals surface area (Å²) in [5.41, 5.74) is 6.65. The Kier molecular flexibility index (Phi) is 11.1. The summed E-state index contributed by atoms with van der Waals surface area (Å²) in [6.45, 7) is 1.91. The van der Waals surface area contributed by atoms with Gasteiger partial charge in [-0.1, -0.05) is 23.2 Å². The van der Waals surface area contributed by atoms with E-state index in [0.29, 0.717) is 27.1 Å². The van der Waals surface area contributed by atoms with Crippen molar-refractivity contribution in [2.24, 2.45) is 0 Å². The Morgan fingerprint density at radius 2 is 1.94 bits per heavy atom. The maximum absolute atomic E-state index is 12.7. The summed E-state index contributed by atoms with van der Waals surface area (Å²) >= 11 is 14.5. The minimum absolute atomic E-state index is 0.00752. The molecular formula is C22H25Cl2F3N4O3S2. The molecule has 1 aliphatic rings. The zero-order chi connectivity index (χ0) is 27.2. The van der Waals surface area contributed by atoms with Gasteiger partial charge in [0.1, 0.15) is 6.04 Å². The predicted molar refractivity (Wildman–Crippen MR) is 140 cm³/mol. The molecule has 0 fully saturated rings. The van der Waals surface area contributed by atoms with Crippen molar-refractivity contribution in [2.45, 2.75) is 35.0 Å². The number of thioether (sulfide) groups is 2. The van der Waals surface area contributed by atoms with Crippen LogP contribution in [0.3, 0.4) is 0 Å². The number of benzene rings is 2. The second-order valence-electron chi connectivity index (χ2n) is 7.63. The predicted octanol–water partition coefficient (Wildman–Crippen LogP) is 4.99. The molecule has 2 atom stereocenters. The number of hydrogen-bond acceptors (Lipinski definition) is 7. The number of hydrogen-bond donors (Lipinski definition) is 5. The van der Waals surface area contributed by atoms with Crippen LogP contribution in [0, 0.1) is 6.92 Å². The highest BCUT2D eigenvalue weighted by Gasteiger charge is 2.33. The highest BCUT2D eigenvalue weighted by atomic mass is 35.5. The smallest absolute Gasteiger partial charge is 0.416 e. The van der Waals surface area contributed by atoms with Crippen LogP contribution >= 0.6 is 46.7 Å². The molecule has 36 heavy (non-hydrogen) atoms. The van der Waals surface area contributed by atoms with Crippen LogP contribution in [-0.4, -0.2) is 54.7 Å². The molecule has 3 rings (SSSR count). The Bertz CT molecular complexity index is 1100. The van der Waals surface area contributed by atoms with Gasteiger partial charge in [-0.3, -0.25) is 9.59 Å². The molecule has 0 aliphatic carbocycles. The van der Waals surface area contributed by atoms with Crippen molar-refractivity contribution in [2.75, 3.05) is 36.7 Å². The molecule has 6 N–H and O–H groups in total. The number of carboxylic acids is 1. The van der Waals surface area contributed by atoms with E-state index in [0.717, 1.165) is 22.6 Å². The van der Waals surface area contributed by atoms with E-state index in [4.69, 9.17) is 34.0 Å². The van der Waals surface area contributed by atoms with Gasteiger partial charge in [0, 0.05) is 27.0 Å². The number of nitrogens with one attached hydrogen (secondary N) is 3. The van der Waals surface area contributed by atoms with Crippen LogP contribution in [0.5, 0.6) is 0 Å². The van der Waals surface area contributed by atoms with E-state index in [1.807, 2.05) is 19.1 Å². The van der Waals surface area contributed by atoms with Gasteiger partial charge in [-0.05, 0) is 50.8 Å². The second-order valence-corrected chi connectivity index (χ2v) is 10.5. The first-order chi connectivity index (χ1) is 16.8.